The Morgan fingerprint density at radius 3 is 2.29 bits per heavy atom. The van der Waals surface area contributed by atoms with Crippen molar-refractivity contribution >= 4 is 5.78 Å². The van der Waals surface area contributed by atoms with Gasteiger partial charge < -0.3 is 9.47 Å². The third-order valence-corrected chi connectivity index (χ3v) is 1.68. The number of carbonyl (C=O) groups is 1. The molecule has 0 aliphatic heterocycles. The maximum Gasteiger partial charge on any atom is 0.135 e. The zero-order valence-corrected chi connectivity index (χ0v) is 9.76. The van der Waals surface area contributed by atoms with Crippen molar-refractivity contribution in [3.05, 3.63) is 0 Å². The number of ketones is 1. The highest BCUT2D eigenvalue weighted by Gasteiger charge is 2.15. The molecular weight excluding hydrogens is 180 g/mol. The van der Waals surface area contributed by atoms with E-state index in [2.05, 4.69) is 20.8 Å². The Bertz CT molecular complexity index is 158. The van der Waals surface area contributed by atoms with Gasteiger partial charge in [0.1, 0.15) is 5.78 Å². The van der Waals surface area contributed by atoms with E-state index in [4.69, 9.17) is 9.47 Å². The molecule has 0 atom stereocenters. The third-order valence-electron chi connectivity index (χ3n) is 1.68. The van der Waals surface area contributed by atoms with E-state index in [0.717, 1.165) is 0 Å². The van der Waals surface area contributed by atoms with Crippen LogP contribution in [0.3, 0.4) is 0 Å². The summed E-state index contributed by atoms with van der Waals surface area (Å²) in [5.74, 6) is 0.273. The summed E-state index contributed by atoms with van der Waals surface area (Å²) in [6.07, 6.45) is 1.14. The Labute approximate surface area is 86.8 Å². The fourth-order valence-electron chi connectivity index (χ4n) is 1.11. The van der Waals surface area contributed by atoms with Gasteiger partial charge in [-0.3, -0.25) is 4.79 Å². The summed E-state index contributed by atoms with van der Waals surface area (Å²) in [7, 11) is 1.63. The summed E-state index contributed by atoms with van der Waals surface area (Å²) < 4.78 is 10.0. The summed E-state index contributed by atoms with van der Waals surface area (Å²) in [4.78, 5) is 11.4. The molecule has 0 aliphatic carbocycles. The van der Waals surface area contributed by atoms with E-state index in [0.29, 0.717) is 32.7 Å². The largest absolute Gasteiger partial charge is 0.382 e. The number of rotatable bonds is 7. The van der Waals surface area contributed by atoms with E-state index in [1.54, 1.807) is 7.11 Å². The molecule has 0 amide bonds. The highest BCUT2D eigenvalue weighted by molar-refractivity contribution is 5.79. The first kappa shape index (κ1) is 13.6. The topological polar surface area (TPSA) is 35.5 Å². The summed E-state index contributed by atoms with van der Waals surface area (Å²) in [5.41, 5.74) is 0.0869. The van der Waals surface area contributed by atoms with E-state index in [-0.39, 0.29) is 11.2 Å². The number of methoxy groups -OCH3 is 1. The number of carbonyl (C=O) groups excluding carboxylic acids is 1. The van der Waals surface area contributed by atoms with Gasteiger partial charge in [0.2, 0.25) is 0 Å². The second-order valence-corrected chi connectivity index (χ2v) is 4.63. The summed E-state index contributed by atoms with van der Waals surface area (Å²) in [5, 5.41) is 0. The molecule has 0 aromatic carbocycles. The molecule has 0 rings (SSSR count). The fourth-order valence-corrected chi connectivity index (χ4v) is 1.11. The smallest absolute Gasteiger partial charge is 0.135 e. The van der Waals surface area contributed by atoms with Gasteiger partial charge in [-0.15, -0.1) is 0 Å². The number of Topliss-reactive ketones (excluding diaryl/α,β-unsaturated/α-hetero) is 1. The minimum absolute atomic E-state index is 0.0869. The molecule has 0 bridgehead atoms. The summed E-state index contributed by atoms with van der Waals surface area (Å²) >= 11 is 0. The van der Waals surface area contributed by atoms with E-state index >= 15 is 0 Å². The standard InChI is InChI=1S/C11H22O3/c1-11(2,3)9-10(12)5-6-14-8-7-13-4/h5-9H2,1-4H3. The highest BCUT2D eigenvalue weighted by Crippen LogP contribution is 2.19. The van der Waals surface area contributed by atoms with Crippen molar-refractivity contribution in [2.45, 2.75) is 33.6 Å². The Morgan fingerprint density at radius 2 is 1.79 bits per heavy atom. The lowest BCUT2D eigenvalue weighted by Crippen LogP contribution is -2.15. The van der Waals surface area contributed by atoms with Gasteiger partial charge in [-0.25, -0.2) is 0 Å². The normalized spacial score (nSPS) is 11.7. The van der Waals surface area contributed by atoms with Crippen LogP contribution in [0.2, 0.25) is 0 Å². The predicted molar refractivity (Wildman–Crippen MR) is 56.4 cm³/mol. The van der Waals surface area contributed by atoms with Crippen molar-refractivity contribution in [2.75, 3.05) is 26.9 Å². The second kappa shape index (κ2) is 6.96. The molecule has 0 saturated carbocycles. The van der Waals surface area contributed by atoms with Crippen molar-refractivity contribution in [3.8, 4) is 0 Å². The molecule has 0 radical (unpaired) electrons. The molecule has 0 heterocycles. The van der Waals surface area contributed by atoms with Crippen molar-refractivity contribution in [3.63, 3.8) is 0 Å². The van der Waals surface area contributed by atoms with Crippen molar-refractivity contribution in [1.82, 2.24) is 0 Å². The first-order chi connectivity index (χ1) is 6.45. The van der Waals surface area contributed by atoms with Crippen LogP contribution in [0.5, 0.6) is 0 Å². The van der Waals surface area contributed by atoms with E-state index < -0.39 is 0 Å². The van der Waals surface area contributed by atoms with Crippen LogP contribution in [0.1, 0.15) is 33.6 Å². The average molecular weight is 202 g/mol. The second-order valence-electron chi connectivity index (χ2n) is 4.63. The number of hydrogen-bond donors (Lipinski definition) is 0. The Hall–Kier alpha value is -0.410. The highest BCUT2D eigenvalue weighted by atomic mass is 16.5. The van der Waals surface area contributed by atoms with Gasteiger partial charge in [-0.05, 0) is 5.41 Å². The molecule has 14 heavy (non-hydrogen) atoms. The van der Waals surface area contributed by atoms with Crippen molar-refractivity contribution in [1.29, 1.82) is 0 Å². The molecule has 0 N–H and O–H groups in total. The minimum Gasteiger partial charge on any atom is -0.382 e. The molecule has 0 unspecified atom stereocenters. The van der Waals surface area contributed by atoms with Gasteiger partial charge >= 0.3 is 0 Å². The lowest BCUT2D eigenvalue weighted by molar-refractivity contribution is -0.121. The maximum absolute atomic E-state index is 11.4. The molecule has 0 aromatic rings. The van der Waals surface area contributed by atoms with Crippen LogP contribution in [0, 0.1) is 5.41 Å². The van der Waals surface area contributed by atoms with Crippen LogP contribution in [0.15, 0.2) is 0 Å². The number of hydrogen-bond acceptors (Lipinski definition) is 3. The quantitative estimate of drug-likeness (QED) is 0.593. The zero-order valence-electron chi connectivity index (χ0n) is 9.76. The van der Waals surface area contributed by atoms with Gasteiger partial charge in [-0.2, -0.15) is 0 Å². The lowest BCUT2D eigenvalue weighted by atomic mass is 9.89. The third kappa shape index (κ3) is 9.68. The van der Waals surface area contributed by atoms with Gasteiger partial charge in [0.05, 0.1) is 19.8 Å². The predicted octanol–water partition coefficient (Wildman–Crippen LogP) is 2.04. The van der Waals surface area contributed by atoms with Crippen LogP contribution in [0.25, 0.3) is 0 Å². The van der Waals surface area contributed by atoms with E-state index in [1.165, 1.54) is 0 Å². The molecule has 0 aromatic heterocycles. The molecule has 3 nitrogen and oxygen atoms in total. The molecule has 84 valence electrons. The molecule has 3 heteroatoms. The summed E-state index contributed by atoms with van der Waals surface area (Å²) in [6.45, 7) is 7.87. The van der Waals surface area contributed by atoms with E-state index in [1.807, 2.05) is 0 Å². The molecular formula is C11H22O3. The monoisotopic (exact) mass is 202 g/mol. The minimum atomic E-state index is 0.0869. The Morgan fingerprint density at radius 1 is 1.14 bits per heavy atom. The SMILES string of the molecule is COCCOCCC(=O)CC(C)(C)C. The summed E-state index contributed by atoms with van der Waals surface area (Å²) in [6, 6.07) is 0. The van der Waals surface area contributed by atoms with Crippen LogP contribution < -0.4 is 0 Å². The average Bonchev–Trinajstić information content (AvgIpc) is 2.00. The Balaban J connectivity index is 3.36. The van der Waals surface area contributed by atoms with Gasteiger partial charge in [0.25, 0.3) is 0 Å². The first-order valence-electron chi connectivity index (χ1n) is 5.04. The maximum atomic E-state index is 11.4. The number of ether oxygens (including phenoxy) is 2. The van der Waals surface area contributed by atoms with E-state index in [9.17, 15) is 4.79 Å². The fraction of sp³-hybridized carbons (Fsp3) is 0.909. The van der Waals surface area contributed by atoms with Crippen molar-refractivity contribution < 1.29 is 14.3 Å². The van der Waals surface area contributed by atoms with Crippen molar-refractivity contribution in [2.24, 2.45) is 5.41 Å². The molecule has 0 fully saturated rings. The first-order valence-corrected chi connectivity index (χ1v) is 5.04. The van der Waals surface area contributed by atoms with Gasteiger partial charge in [-0.1, -0.05) is 20.8 Å². The van der Waals surface area contributed by atoms with Gasteiger partial charge in [0, 0.05) is 20.0 Å². The Kier molecular flexibility index (Phi) is 6.75. The van der Waals surface area contributed by atoms with Crippen LogP contribution in [0.4, 0.5) is 0 Å². The zero-order chi connectivity index (χ0) is 11.0. The van der Waals surface area contributed by atoms with Gasteiger partial charge in [0.15, 0.2) is 0 Å². The van der Waals surface area contributed by atoms with Crippen LogP contribution in [-0.4, -0.2) is 32.7 Å². The van der Waals surface area contributed by atoms with Crippen LogP contribution >= 0.6 is 0 Å². The molecule has 0 spiro atoms. The van der Waals surface area contributed by atoms with Crippen LogP contribution in [-0.2, 0) is 14.3 Å². The molecule has 0 aliphatic rings. The lowest BCUT2D eigenvalue weighted by Gasteiger charge is -2.16. The molecule has 0 saturated heterocycles.